The molecular weight excluding hydrogens is 199 g/mol. The highest BCUT2D eigenvalue weighted by Gasteiger charge is 2.41. The van der Waals surface area contributed by atoms with Crippen LogP contribution in [0.5, 0.6) is 0 Å². The number of rotatable bonds is 3. The molecule has 0 aromatic carbocycles. The molecular formula is C8H12F3NO2. The van der Waals surface area contributed by atoms with E-state index >= 15 is 0 Å². The van der Waals surface area contributed by atoms with Crippen LogP contribution < -0.4 is 5.32 Å². The second-order valence-electron chi connectivity index (χ2n) is 3.41. The average molecular weight is 211 g/mol. The van der Waals surface area contributed by atoms with E-state index in [-0.39, 0.29) is 5.92 Å². The van der Waals surface area contributed by atoms with Crippen molar-refractivity contribution in [1.82, 2.24) is 5.32 Å². The zero-order valence-corrected chi connectivity index (χ0v) is 7.47. The van der Waals surface area contributed by atoms with Crippen molar-refractivity contribution in [2.45, 2.75) is 31.5 Å². The van der Waals surface area contributed by atoms with Crippen molar-refractivity contribution in [2.24, 2.45) is 5.92 Å². The summed E-state index contributed by atoms with van der Waals surface area (Å²) in [5, 5.41) is 10.2. The maximum Gasteiger partial charge on any atom is 0.410 e. The molecule has 1 saturated carbocycles. The van der Waals surface area contributed by atoms with Gasteiger partial charge in [0.25, 0.3) is 0 Å². The lowest BCUT2D eigenvalue weighted by molar-refractivity contribution is -0.170. The van der Waals surface area contributed by atoms with Crippen molar-refractivity contribution < 1.29 is 23.1 Å². The minimum Gasteiger partial charge on any atom is -0.394 e. The molecule has 1 aliphatic rings. The molecule has 6 heteroatoms. The molecule has 0 heterocycles. The van der Waals surface area contributed by atoms with Crippen LogP contribution in [0, 0.1) is 5.92 Å². The summed E-state index contributed by atoms with van der Waals surface area (Å²) < 4.78 is 36.3. The van der Waals surface area contributed by atoms with E-state index in [9.17, 15) is 18.0 Å². The molecule has 0 radical (unpaired) electrons. The minimum atomic E-state index is -4.58. The highest BCUT2D eigenvalue weighted by molar-refractivity contribution is 5.79. The van der Waals surface area contributed by atoms with Crippen molar-refractivity contribution in [3.05, 3.63) is 0 Å². The number of halogens is 3. The summed E-state index contributed by atoms with van der Waals surface area (Å²) >= 11 is 0. The Kier molecular flexibility index (Phi) is 3.36. The largest absolute Gasteiger partial charge is 0.410 e. The Labute approximate surface area is 79.3 Å². The standard InChI is InChI=1S/C8H12F3NO2/c9-8(10,11)6(4-13)12-7(14)5-2-1-3-5/h5-6,13H,1-4H2,(H,12,14). The zero-order valence-electron chi connectivity index (χ0n) is 7.47. The van der Waals surface area contributed by atoms with E-state index in [1.807, 2.05) is 0 Å². The predicted octanol–water partition coefficient (Wildman–Crippen LogP) is 0.826. The molecule has 1 aliphatic carbocycles. The van der Waals surface area contributed by atoms with Crippen molar-refractivity contribution in [3.8, 4) is 0 Å². The fourth-order valence-corrected chi connectivity index (χ4v) is 1.19. The number of aliphatic hydroxyl groups is 1. The summed E-state index contributed by atoms with van der Waals surface area (Å²) in [4.78, 5) is 11.1. The van der Waals surface area contributed by atoms with E-state index in [2.05, 4.69) is 0 Å². The monoisotopic (exact) mass is 211 g/mol. The van der Waals surface area contributed by atoms with Gasteiger partial charge in [-0.2, -0.15) is 13.2 Å². The molecule has 0 bridgehead atoms. The lowest BCUT2D eigenvalue weighted by Gasteiger charge is -2.27. The van der Waals surface area contributed by atoms with Gasteiger partial charge in [0.05, 0.1) is 6.61 Å². The molecule has 0 saturated heterocycles. The number of nitrogens with one attached hydrogen (secondary N) is 1. The molecule has 1 atom stereocenters. The molecule has 0 aromatic heterocycles. The van der Waals surface area contributed by atoms with Gasteiger partial charge < -0.3 is 10.4 Å². The number of hydrogen-bond donors (Lipinski definition) is 2. The van der Waals surface area contributed by atoms with Gasteiger partial charge in [0.2, 0.25) is 5.91 Å². The minimum absolute atomic E-state index is 0.300. The van der Waals surface area contributed by atoms with Gasteiger partial charge in [-0.15, -0.1) is 0 Å². The second-order valence-corrected chi connectivity index (χ2v) is 3.41. The van der Waals surface area contributed by atoms with Gasteiger partial charge in [0, 0.05) is 5.92 Å². The van der Waals surface area contributed by atoms with E-state index in [1.54, 1.807) is 5.32 Å². The number of alkyl halides is 3. The molecule has 0 spiro atoms. The fraction of sp³-hybridized carbons (Fsp3) is 0.875. The van der Waals surface area contributed by atoms with Crippen LogP contribution in [-0.2, 0) is 4.79 Å². The first-order chi connectivity index (χ1) is 6.45. The molecule has 3 nitrogen and oxygen atoms in total. The van der Waals surface area contributed by atoms with E-state index in [4.69, 9.17) is 5.11 Å². The summed E-state index contributed by atoms with van der Waals surface area (Å²) in [5.74, 6) is -0.904. The quantitative estimate of drug-likeness (QED) is 0.726. The summed E-state index contributed by atoms with van der Waals surface area (Å²) in [5.41, 5.74) is 0. The third-order valence-corrected chi connectivity index (χ3v) is 2.37. The maximum atomic E-state index is 12.1. The lowest BCUT2D eigenvalue weighted by Crippen LogP contribution is -2.50. The normalized spacial score (nSPS) is 20.0. The topological polar surface area (TPSA) is 49.3 Å². The Bertz CT molecular complexity index is 213. The van der Waals surface area contributed by atoms with Crippen LogP contribution in [0.3, 0.4) is 0 Å². The summed E-state index contributed by atoms with van der Waals surface area (Å²) in [6, 6.07) is -2.13. The third kappa shape index (κ3) is 2.60. The molecule has 14 heavy (non-hydrogen) atoms. The second kappa shape index (κ2) is 4.16. The number of carbonyl (C=O) groups excluding carboxylic acids is 1. The number of hydrogen-bond acceptors (Lipinski definition) is 2. The SMILES string of the molecule is O=C(NC(CO)C(F)(F)F)C1CCC1. The van der Waals surface area contributed by atoms with E-state index in [1.165, 1.54) is 0 Å². The molecule has 1 amide bonds. The number of carbonyl (C=O) groups is 1. The fourth-order valence-electron chi connectivity index (χ4n) is 1.19. The van der Waals surface area contributed by atoms with Gasteiger partial charge in [-0.25, -0.2) is 0 Å². The van der Waals surface area contributed by atoms with E-state index < -0.39 is 24.7 Å². The van der Waals surface area contributed by atoms with E-state index in [0.717, 1.165) is 6.42 Å². The molecule has 2 N–H and O–H groups in total. The summed E-state index contributed by atoms with van der Waals surface area (Å²) in [7, 11) is 0. The first-order valence-electron chi connectivity index (χ1n) is 4.43. The molecule has 1 unspecified atom stereocenters. The number of amides is 1. The van der Waals surface area contributed by atoms with Crippen molar-refractivity contribution in [1.29, 1.82) is 0 Å². The molecule has 0 aliphatic heterocycles. The van der Waals surface area contributed by atoms with Gasteiger partial charge in [-0.1, -0.05) is 6.42 Å². The zero-order chi connectivity index (χ0) is 10.8. The van der Waals surface area contributed by atoms with Crippen molar-refractivity contribution in [2.75, 3.05) is 6.61 Å². The van der Waals surface area contributed by atoms with E-state index in [0.29, 0.717) is 12.8 Å². The molecule has 0 aromatic rings. The van der Waals surface area contributed by atoms with Crippen molar-refractivity contribution in [3.63, 3.8) is 0 Å². The smallest absolute Gasteiger partial charge is 0.394 e. The Hall–Kier alpha value is -0.780. The Morgan fingerprint density at radius 1 is 1.50 bits per heavy atom. The van der Waals surface area contributed by atoms with Crippen LogP contribution in [0.4, 0.5) is 13.2 Å². The van der Waals surface area contributed by atoms with Crippen LogP contribution in [0.25, 0.3) is 0 Å². The first kappa shape index (κ1) is 11.3. The Balaban J connectivity index is 2.43. The van der Waals surface area contributed by atoms with Gasteiger partial charge in [0.15, 0.2) is 0 Å². The van der Waals surface area contributed by atoms with Crippen LogP contribution in [0.15, 0.2) is 0 Å². The lowest BCUT2D eigenvalue weighted by atomic mass is 9.84. The number of aliphatic hydroxyl groups excluding tert-OH is 1. The Morgan fingerprint density at radius 2 is 2.07 bits per heavy atom. The summed E-state index contributed by atoms with van der Waals surface area (Å²) in [6.45, 7) is -1.11. The predicted molar refractivity (Wildman–Crippen MR) is 42.4 cm³/mol. The third-order valence-electron chi connectivity index (χ3n) is 2.37. The molecule has 1 rings (SSSR count). The molecule has 82 valence electrons. The van der Waals surface area contributed by atoms with Gasteiger partial charge >= 0.3 is 6.18 Å². The highest BCUT2D eigenvalue weighted by atomic mass is 19.4. The maximum absolute atomic E-state index is 12.1. The van der Waals surface area contributed by atoms with Gasteiger partial charge in [0.1, 0.15) is 6.04 Å². The van der Waals surface area contributed by atoms with Crippen LogP contribution >= 0.6 is 0 Å². The van der Waals surface area contributed by atoms with Crippen molar-refractivity contribution >= 4 is 5.91 Å². The summed E-state index contributed by atoms with van der Waals surface area (Å²) in [6.07, 6.45) is -2.41. The van der Waals surface area contributed by atoms with Gasteiger partial charge in [-0.3, -0.25) is 4.79 Å². The van der Waals surface area contributed by atoms with Gasteiger partial charge in [-0.05, 0) is 12.8 Å². The van der Waals surface area contributed by atoms with Crippen LogP contribution in [0.2, 0.25) is 0 Å². The Morgan fingerprint density at radius 3 is 2.36 bits per heavy atom. The molecule has 1 fully saturated rings. The highest BCUT2D eigenvalue weighted by Crippen LogP contribution is 2.27. The first-order valence-corrected chi connectivity index (χ1v) is 4.43. The van der Waals surface area contributed by atoms with Crippen LogP contribution in [-0.4, -0.2) is 29.8 Å². The van der Waals surface area contributed by atoms with Crippen LogP contribution in [0.1, 0.15) is 19.3 Å². The average Bonchev–Trinajstić information content (AvgIpc) is 1.94.